The van der Waals surface area contributed by atoms with Gasteiger partial charge in [0.1, 0.15) is 5.75 Å². The summed E-state index contributed by atoms with van der Waals surface area (Å²) in [5, 5.41) is 3.21. The highest BCUT2D eigenvalue weighted by Crippen LogP contribution is 2.20. The number of anilines is 1. The number of nitrogens with one attached hydrogen (secondary N) is 1. The van der Waals surface area contributed by atoms with E-state index in [1.165, 1.54) is 16.7 Å². The Bertz CT molecular complexity index is 793. The number of hydrogen-bond acceptors (Lipinski definition) is 3. The first-order chi connectivity index (χ1) is 13.5. The number of likely N-dealkylation sites (tertiary alicyclic amines) is 1. The molecule has 1 heterocycles. The van der Waals surface area contributed by atoms with Crippen LogP contribution in [0.5, 0.6) is 5.75 Å². The number of benzene rings is 2. The number of rotatable bonds is 6. The van der Waals surface area contributed by atoms with E-state index in [0.717, 1.165) is 50.5 Å². The number of methoxy groups -OCH3 is 1. The Labute approximate surface area is 168 Å². The van der Waals surface area contributed by atoms with Crippen LogP contribution in [0, 0.1) is 19.8 Å². The Hall–Kier alpha value is -2.53. The Kier molecular flexibility index (Phi) is 6.93. The number of hydrogen-bond donors (Lipinski definition) is 2. The molecule has 28 heavy (non-hydrogen) atoms. The number of aryl methyl sites for hydroxylation is 2. The first-order valence-electron chi connectivity index (χ1n) is 10.0. The second kappa shape index (κ2) is 9.60. The number of nitrogens with two attached hydrogens (primary N) is 1. The number of nitrogens with zero attached hydrogens (tertiary/aromatic N) is 2. The molecule has 3 rings (SSSR count). The fraction of sp³-hybridized carbons (Fsp3) is 0.435. The van der Waals surface area contributed by atoms with E-state index in [1.54, 1.807) is 7.11 Å². The molecule has 5 nitrogen and oxygen atoms in total. The van der Waals surface area contributed by atoms with Crippen LogP contribution < -0.4 is 15.8 Å². The van der Waals surface area contributed by atoms with Crippen molar-refractivity contribution >= 4 is 11.6 Å². The lowest BCUT2D eigenvalue weighted by Crippen LogP contribution is -2.34. The third-order valence-corrected chi connectivity index (χ3v) is 5.57. The smallest absolute Gasteiger partial charge is 0.193 e. The molecule has 2 aromatic rings. The van der Waals surface area contributed by atoms with Gasteiger partial charge in [0, 0.05) is 18.8 Å². The van der Waals surface area contributed by atoms with E-state index in [0.29, 0.717) is 11.9 Å². The van der Waals surface area contributed by atoms with Crippen molar-refractivity contribution in [3.05, 3.63) is 59.2 Å². The maximum atomic E-state index is 6.08. The van der Waals surface area contributed by atoms with E-state index < -0.39 is 0 Å². The lowest BCUT2D eigenvalue weighted by atomic mass is 9.96. The molecule has 0 spiro atoms. The predicted molar refractivity (Wildman–Crippen MR) is 117 cm³/mol. The average Bonchev–Trinajstić information content (AvgIpc) is 2.71. The fourth-order valence-electron chi connectivity index (χ4n) is 3.55. The standard InChI is InChI=1S/C23H32N4O/c1-17-4-7-21(14-18(17)2)26-23(24)25-15-19-10-12-27(13-11-19)16-20-5-8-22(28-3)9-6-20/h4-9,14,19H,10-13,15-16H2,1-3H3,(H3,24,25,26). The van der Waals surface area contributed by atoms with Crippen LogP contribution in [-0.4, -0.2) is 37.6 Å². The third kappa shape index (κ3) is 5.73. The zero-order valence-electron chi connectivity index (χ0n) is 17.2. The molecule has 0 aliphatic carbocycles. The second-order valence-electron chi connectivity index (χ2n) is 7.72. The minimum absolute atomic E-state index is 0.504. The summed E-state index contributed by atoms with van der Waals surface area (Å²) in [6.07, 6.45) is 2.33. The Morgan fingerprint density at radius 1 is 1.11 bits per heavy atom. The van der Waals surface area contributed by atoms with Gasteiger partial charge < -0.3 is 15.8 Å². The maximum absolute atomic E-state index is 6.08. The highest BCUT2D eigenvalue weighted by atomic mass is 16.5. The number of ether oxygens (including phenoxy) is 1. The molecule has 1 aliphatic rings. The van der Waals surface area contributed by atoms with Gasteiger partial charge in [-0.2, -0.15) is 0 Å². The monoisotopic (exact) mass is 380 g/mol. The first kappa shape index (κ1) is 20.2. The normalized spacial score (nSPS) is 16.2. The highest BCUT2D eigenvalue weighted by molar-refractivity contribution is 5.92. The summed E-state index contributed by atoms with van der Waals surface area (Å²) in [5.41, 5.74) is 10.9. The van der Waals surface area contributed by atoms with Crippen molar-refractivity contribution in [3.8, 4) is 5.75 Å². The molecule has 0 unspecified atom stereocenters. The molecule has 1 fully saturated rings. The average molecular weight is 381 g/mol. The molecule has 0 aromatic heterocycles. The van der Waals surface area contributed by atoms with E-state index in [9.17, 15) is 0 Å². The van der Waals surface area contributed by atoms with Crippen LogP contribution in [0.15, 0.2) is 47.5 Å². The van der Waals surface area contributed by atoms with Crippen LogP contribution >= 0.6 is 0 Å². The molecule has 0 bridgehead atoms. The highest BCUT2D eigenvalue weighted by Gasteiger charge is 2.19. The second-order valence-corrected chi connectivity index (χ2v) is 7.72. The molecule has 0 radical (unpaired) electrons. The van der Waals surface area contributed by atoms with Crippen molar-refractivity contribution in [2.75, 3.05) is 32.1 Å². The van der Waals surface area contributed by atoms with Gasteiger partial charge in [-0.3, -0.25) is 9.89 Å². The van der Waals surface area contributed by atoms with Crippen LogP contribution in [-0.2, 0) is 6.54 Å². The van der Waals surface area contributed by atoms with Gasteiger partial charge >= 0.3 is 0 Å². The molecule has 150 valence electrons. The molecule has 2 aromatic carbocycles. The summed E-state index contributed by atoms with van der Waals surface area (Å²) in [5.74, 6) is 2.02. The van der Waals surface area contributed by atoms with Gasteiger partial charge in [0.15, 0.2) is 5.96 Å². The fourth-order valence-corrected chi connectivity index (χ4v) is 3.55. The van der Waals surface area contributed by atoms with Gasteiger partial charge in [-0.25, -0.2) is 0 Å². The number of aliphatic imine (C=N–C) groups is 1. The summed E-state index contributed by atoms with van der Waals surface area (Å²) in [6.45, 7) is 8.22. The lowest BCUT2D eigenvalue weighted by Gasteiger charge is -2.31. The van der Waals surface area contributed by atoms with E-state index in [4.69, 9.17) is 10.5 Å². The Morgan fingerprint density at radius 3 is 2.46 bits per heavy atom. The molecule has 0 amide bonds. The Balaban J connectivity index is 1.43. The molecule has 5 heteroatoms. The van der Waals surface area contributed by atoms with Gasteiger partial charge in [0.05, 0.1) is 7.11 Å². The summed E-state index contributed by atoms with van der Waals surface area (Å²) in [4.78, 5) is 7.09. The molecular formula is C23H32N4O. The summed E-state index contributed by atoms with van der Waals surface area (Å²) < 4.78 is 5.23. The van der Waals surface area contributed by atoms with Gasteiger partial charge in [-0.1, -0.05) is 18.2 Å². The Morgan fingerprint density at radius 2 is 1.82 bits per heavy atom. The SMILES string of the molecule is COc1ccc(CN2CCC(CN=C(N)Nc3ccc(C)c(C)c3)CC2)cc1. The molecule has 0 atom stereocenters. The van der Waals surface area contributed by atoms with Crippen molar-refractivity contribution in [2.24, 2.45) is 16.6 Å². The topological polar surface area (TPSA) is 62.9 Å². The van der Waals surface area contributed by atoms with Gasteiger partial charge in [-0.05, 0) is 86.7 Å². The van der Waals surface area contributed by atoms with Gasteiger partial charge in [0.2, 0.25) is 0 Å². The summed E-state index contributed by atoms with van der Waals surface area (Å²) >= 11 is 0. The first-order valence-corrected chi connectivity index (χ1v) is 10.0. The van der Waals surface area contributed by atoms with Gasteiger partial charge in [0.25, 0.3) is 0 Å². The zero-order valence-corrected chi connectivity index (χ0v) is 17.2. The van der Waals surface area contributed by atoms with E-state index >= 15 is 0 Å². The van der Waals surface area contributed by atoms with Gasteiger partial charge in [-0.15, -0.1) is 0 Å². The number of piperidine rings is 1. The molecule has 0 saturated carbocycles. The van der Waals surface area contributed by atoms with Crippen molar-refractivity contribution in [1.29, 1.82) is 0 Å². The van der Waals surface area contributed by atoms with Crippen LogP contribution in [0.4, 0.5) is 5.69 Å². The minimum atomic E-state index is 0.504. The van der Waals surface area contributed by atoms with Crippen LogP contribution in [0.25, 0.3) is 0 Å². The van der Waals surface area contributed by atoms with Crippen molar-refractivity contribution in [2.45, 2.75) is 33.2 Å². The van der Waals surface area contributed by atoms with Crippen LogP contribution in [0.2, 0.25) is 0 Å². The van der Waals surface area contributed by atoms with E-state index in [-0.39, 0.29) is 0 Å². The number of guanidine groups is 1. The third-order valence-electron chi connectivity index (χ3n) is 5.57. The molecular weight excluding hydrogens is 348 g/mol. The largest absolute Gasteiger partial charge is 0.497 e. The van der Waals surface area contributed by atoms with E-state index in [2.05, 4.69) is 53.3 Å². The minimum Gasteiger partial charge on any atom is -0.497 e. The molecule has 3 N–H and O–H groups in total. The van der Waals surface area contributed by atoms with E-state index in [1.807, 2.05) is 18.2 Å². The predicted octanol–water partition coefficient (Wildman–Crippen LogP) is 3.95. The quantitative estimate of drug-likeness (QED) is 0.588. The van der Waals surface area contributed by atoms with Crippen molar-refractivity contribution in [1.82, 2.24) is 4.90 Å². The molecule has 1 aliphatic heterocycles. The van der Waals surface area contributed by atoms with Crippen molar-refractivity contribution in [3.63, 3.8) is 0 Å². The van der Waals surface area contributed by atoms with Crippen LogP contribution in [0.3, 0.4) is 0 Å². The zero-order chi connectivity index (χ0) is 19.9. The van der Waals surface area contributed by atoms with Crippen molar-refractivity contribution < 1.29 is 4.74 Å². The maximum Gasteiger partial charge on any atom is 0.193 e. The van der Waals surface area contributed by atoms with Crippen LogP contribution in [0.1, 0.15) is 29.5 Å². The lowest BCUT2D eigenvalue weighted by molar-refractivity contribution is 0.180. The molecule has 1 saturated heterocycles. The summed E-state index contributed by atoms with van der Waals surface area (Å²) in [6, 6.07) is 14.6. The summed E-state index contributed by atoms with van der Waals surface area (Å²) in [7, 11) is 1.70.